The maximum Gasteiger partial charge on any atom is 0.190 e. The third-order valence-corrected chi connectivity index (χ3v) is 4.71. The van der Waals surface area contributed by atoms with Gasteiger partial charge in [0, 0.05) is 17.3 Å². The average molecular weight is 227 g/mol. The standard InChI is InChI=1S/C15H17NO/c17-14-12-7-3-4-8-13(12)16(15(14)9-10-15)11-5-1-2-6-11/h3-4,7-8,11H,1-2,5-6,9-10H2. The predicted molar refractivity (Wildman–Crippen MR) is 67.5 cm³/mol. The third-order valence-electron chi connectivity index (χ3n) is 4.71. The van der Waals surface area contributed by atoms with Crippen LogP contribution in [0.5, 0.6) is 0 Å². The first kappa shape index (κ1) is 9.69. The van der Waals surface area contributed by atoms with Crippen LogP contribution in [0.3, 0.4) is 0 Å². The molecule has 0 bridgehead atoms. The Morgan fingerprint density at radius 3 is 2.53 bits per heavy atom. The van der Waals surface area contributed by atoms with E-state index in [0.717, 1.165) is 18.4 Å². The van der Waals surface area contributed by atoms with Crippen LogP contribution in [0.2, 0.25) is 0 Å². The van der Waals surface area contributed by atoms with Crippen LogP contribution in [0.15, 0.2) is 24.3 Å². The van der Waals surface area contributed by atoms with E-state index in [1.807, 2.05) is 12.1 Å². The molecule has 0 amide bonds. The Labute approximate surface area is 102 Å². The van der Waals surface area contributed by atoms with Crippen molar-refractivity contribution >= 4 is 11.5 Å². The lowest BCUT2D eigenvalue weighted by Crippen LogP contribution is -2.43. The molecule has 1 aliphatic heterocycles. The minimum atomic E-state index is -0.112. The van der Waals surface area contributed by atoms with Gasteiger partial charge in [-0.3, -0.25) is 4.79 Å². The lowest BCUT2D eigenvalue weighted by atomic mass is 10.1. The lowest BCUT2D eigenvalue weighted by molar-refractivity contribution is 0.0955. The first-order valence-corrected chi connectivity index (χ1v) is 6.76. The fraction of sp³-hybridized carbons (Fsp3) is 0.533. The van der Waals surface area contributed by atoms with Crippen LogP contribution in [-0.2, 0) is 0 Å². The number of carbonyl (C=O) groups is 1. The number of para-hydroxylation sites is 1. The van der Waals surface area contributed by atoms with E-state index >= 15 is 0 Å². The number of carbonyl (C=O) groups excluding carboxylic acids is 1. The van der Waals surface area contributed by atoms with Crippen molar-refractivity contribution in [1.29, 1.82) is 0 Å². The number of benzene rings is 1. The van der Waals surface area contributed by atoms with Crippen molar-refractivity contribution in [2.24, 2.45) is 0 Å². The molecule has 0 radical (unpaired) electrons. The normalized spacial score (nSPS) is 25.6. The predicted octanol–water partition coefficient (Wildman–Crippen LogP) is 3.16. The summed E-state index contributed by atoms with van der Waals surface area (Å²) in [6, 6.07) is 8.82. The molecule has 0 saturated heterocycles. The smallest absolute Gasteiger partial charge is 0.190 e. The van der Waals surface area contributed by atoms with E-state index < -0.39 is 0 Å². The molecule has 1 aromatic carbocycles. The molecule has 0 N–H and O–H groups in total. The Balaban J connectivity index is 1.84. The van der Waals surface area contributed by atoms with Crippen LogP contribution in [-0.4, -0.2) is 17.4 Å². The molecular formula is C15H17NO. The Morgan fingerprint density at radius 1 is 1.12 bits per heavy atom. The Bertz CT molecular complexity index is 483. The lowest BCUT2D eigenvalue weighted by Gasteiger charge is -2.32. The van der Waals surface area contributed by atoms with Gasteiger partial charge in [-0.05, 0) is 37.8 Å². The second kappa shape index (κ2) is 3.12. The number of fused-ring (bicyclic) bond motifs is 1. The summed E-state index contributed by atoms with van der Waals surface area (Å²) in [5.41, 5.74) is 2.07. The van der Waals surface area contributed by atoms with Crippen molar-refractivity contribution in [2.75, 3.05) is 4.90 Å². The molecule has 0 aromatic heterocycles. The number of anilines is 1. The van der Waals surface area contributed by atoms with Crippen LogP contribution in [0.4, 0.5) is 5.69 Å². The van der Waals surface area contributed by atoms with E-state index in [0.29, 0.717) is 11.8 Å². The molecule has 0 unspecified atom stereocenters. The molecule has 2 nitrogen and oxygen atoms in total. The minimum Gasteiger partial charge on any atom is -0.355 e. The van der Waals surface area contributed by atoms with E-state index in [4.69, 9.17) is 0 Å². The molecule has 88 valence electrons. The molecular weight excluding hydrogens is 210 g/mol. The van der Waals surface area contributed by atoms with Crippen molar-refractivity contribution in [1.82, 2.24) is 0 Å². The van der Waals surface area contributed by atoms with E-state index in [1.165, 1.54) is 31.4 Å². The molecule has 17 heavy (non-hydrogen) atoms. The highest BCUT2D eigenvalue weighted by Crippen LogP contribution is 2.55. The first-order chi connectivity index (χ1) is 8.33. The van der Waals surface area contributed by atoms with E-state index in [2.05, 4.69) is 17.0 Å². The fourth-order valence-electron chi connectivity index (χ4n) is 3.76. The number of Topliss-reactive ketones (excluding diaryl/α,β-unsaturated/α-hetero) is 1. The monoisotopic (exact) mass is 227 g/mol. The molecule has 1 heterocycles. The Morgan fingerprint density at radius 2 is 1.82 bits per heavy atom. The van der Waals surface area contributed by atoms with Crippen LogP contribution in [0, 0.1) is 0 Å². The zero-order chi connectivity index (χ0) is 11.5. The van der Waals surface area contributed by atoms with Crippen molar-refractivity contribution < 1.29 is 4.79 Å². The summed E-state index contributed by atoms with van der Waals surface area (Å²) >= 11 is 0. The van der Waals surface area contributed by atoms with Gasteiger partial charge in [0.1, 0.15) is 5.54 Å². The van der Waals surface area contributed by atoms with Gasteiger partial charge >= 0.3 is 0 Å². The molecule has 2 saturated carbocycles. The highest BCUT2D eigenvalue weighted by molar-refractivity contribution is 6.16. The number of ketones is 1. The van der Waals surface area contributed by atoms with Crippen LogP contribution in [0.1, 0.15) is 48.9 Å². The fourth-order valence-corrected chi connectivity index (χ4v) is 3.76. The van der Waals surface area contributed by atoms with Gasteiger partial charge in [-0.25, -0.2) is 0 Å². The largest absolute Gasteiger partial charge is 0.355 e. The number of hydrogen-bond acceptors (Lipinski definition) is 2. The SMILES string of the molecule is O=C1c2ccccc2N(C2CCCC2)C12CC2. The van der Waals surface area contributed by atoms with Gasteiger partial charge in [-0.15, -0.1) is 0 Å². The minimum absolute atomic E-state index is 0.112. The summed E-state index contributed by atoms with van der Waals surface area (Å²) in [4.78, 5) is 15.0. The van der Waals surface area contributed by atoms with Gasteiger partial charge < -0.3 is 4.90 Å². The van der Waals surface area contributed by atoms with Gasteiger partial charge in [-0.2, -0.15) is 0 Å². The van der Waals surface area contributed by atoms with Crippen LogP contribution >= 0.6 is 0 Å². The topological polar surface area (TPSA) is 20.3 Å². The number of hydrogen-bond donors (Lipinski definition) is 0. The van der Waals surface area contributed by atoms with Crippen molar-refractivity contribution in [2.45, 2.75) is 50.1 Å². The Kier molecular flexibility index (Phi) is 1.78. The summed E-state index contributed by atoms with van der Waals surface area (Å²) in [5, 5.41) is 0. The maximum absolute atomic E-state index is 12.5. The zero-order valence-electron chi connectivity index (χ0n) is 9.98. The van der Waals surface area contributed by atoms with Gasteiger partial charge in [0.2, 0.25) is 0 Å². The van der Waals surface area contributed by atoms with Crippen molar-refractivity contribution in [3.8, 4) is 0 Å². The van der Waals surface area contributed by atoms with Gasteiger partial charge in [0.15, 0.2) is 5.78 Å². The molecule has 2 aliphatic carbocycles. The third kappa shape index (κ3) is 1.13. The van der Waals surface area contributed by atoms with E-state index in [1.54, 1.807) is 0 Å². The highest BCUT2D eigenvalue weighted by Gasteiger charge is 2.61. The Hall–Kier alpha value is -1.31. The van der Waals surface area contributed by atoms with Gasteiger partial charge in [0.05, 0.1) is 0 Å². The molecule has 4 rings (SSSR count). The van der Waals surface area contributed by atoms with E-state index in [-0.39, 0.29) is 5.54 Å². The van der Waals surface area contributed by atoms with Crippen LogP contribution < -0.4 is 4.90 Å². The summed E-state index contributed by atoms with van der Waals surface area (Å²) in [5.74, 6) is 0.389. The summed E-state index contributed by atoms with van der Waals surface area (Å²) in [6.45, 7) is 0. The van der Waals surface area contributed by atoms with Crippen molar-refractivity contribution in [3.63, 3.8) is 0 Å². The molecule has 1 aromatic rings. The quantitative estimate of drug-likeness (QED) is 0.734. The van der Waals surface area contributed by atoms with Gasteiger partial charge in [-0.1, -0.05) is 25.0 Å². The maximum atomic E-state index is 12.5. The van der Waals surface area contributed by atoms with E-state index in [9.17, 15) is 4.79 Å². The molecule has 2 heteroatoms. The molecule has 1 spiro atoms. The molecule has 2 fully saturated rings. The summed E-state index contributed by atoms with van der Waals surface area (Å²) in [7, 11) is 0. The summed E-state index contributed by atoms with van der Waals surface area (Å²) < 4.78 is 0. The number of nitrogens with zero attached hydrogens (tertiary/aromatic N) is 1. The highest BCUT2D eigenvalue weighted by atomic mass is 16.1. The zero-order valence-corrected chi connectivity index (χ0v) is 9.98. The average Bonchev–Trinajstić information content (AvgIpc) is 2.88. The first-order valence-electron chi connectivity index (χ1n) is 6.76. The molecule has 3 aliphatic rings. The number of rotatable bonds is 1. The van der Waals surface area contributed by atoms with Gasteiger partial charge in [0.25, 0.3) is 0 Å². The van der Waals surface area contributed by atoms with Crippen LogP contribution in [0.25, 0.3) is 0 Å². The molecule has 0 atom stereocenters. The second-order valence-corrected chi connectivity index (χ2v) is 5.69. The summed E-state index contributed by atoms with van der Waals surface area (Å²) in [6.07, 6.45) is 7.32. The van der Waals surface area contributed by atoms with Crippen molar-refractivity contribution in [3.05, 3.63) is 29.8 Å². The second-order valence-electron chi connectivity index (χ2n) is 5.69.